The summed E-state index contributed by atoms with van der Waals surface area (Å²) >= 11 is 0. The quantitative estimate of drug-likeness (QED) is 0.907. The average Bonchev–Trinajstić information content (AvgIpc) is 2.93. The number of fused-ring (bicyclic) bond motifs is 1. The minimum atomic E-state index is -0.228. The molecule has 19 heavy (non-hydrogen) atoms. The van der Waals surface area contributed by atoms with Crippen molar-refractivity contribution in [3.05, 3.63) is 48.3 Å². The zero-order valence-electron chi connectivity index (χ0n) is 10.3. The standard InChI is InChI=1S/C14H14N2O3/c15-7-14(10-2-1-5-16-8-10)19-11-3-4-12-13(6-11)18-9-17-12/h1-6,8,14H,7,9,15H2. The van der Waals surface area contributed by atoms with Crippen LogP contribution in [0.5, 0.6) is 17.2 Å². The van der Waals surface area contributed by atoms with E-state index in [1.807, 2.05) is 24.3 Å². The largest absolute Gasteiger partial charge is 0.484 e. The Balaban J connectivity index is 1.80. The molecule has 1 atom stereocenters. The van der Waals surface area contributed by atoms with Gasteiger partial charge in [-0.3, -0.25) is 4.98 Å². The molecule has 0 bridgehead atoms. The number of ether oxygens (including phenoxy) is 3. The predicted molar refractivity (Wildman–Crippen MR) is 69.2 cm³/mol. The van der Waals surface area contributed by atoms with E-state index in [1.54, 1.807) is 18.5 Å². The van der Waals surface area contributed by atoms with Crippen LogP contribution in [-0.4, -0.2) is 18.3 Å². The fraction of sp³-hybridized carbons (Fsp3) is 0.214. The highest BCUT2D eigenvalue weighted by molar-refractivity contribution is 5.47. The molecule has 1 aromatic carbocycles. The SMILES string of the molecule is NCC(Oc1ccc2c(c1)OCO2)c1cccnc1. The molecule has 2 heterocycles. The monoisotopic (exact) mass is 258 g/mol. The van der Waals surface area contributed by atoms with Crippen LogP contribution in [0.1, 0.15) is 11.7 Å². The molecule has 1 aliphatic rings. The zero-order valence-corrected chi connectivity index (χ0v) is 10.3. The van der Waals surface area contributed by atoms with Crippen molar-refractivity contribution < 1.29 is 14.2 Å². The predicted octanol–water partition coefficient (Wildman–Crippen LogP) is 1.89. The second-order valence-corrected chi connectivity index (χ2v) is 4.14. The fourth-order valence-corrected chi connectivity index (χ4v) is 1.93. The van der Waals surface area contributed by atoms with Crippen LogP contribution >= 0.6 is 0 Å². The van der Waals surface area contributed by atoms with Gasteiger partial charge in [-0.2, -0.15) is 0 Å². The van der Waals surface area contributed by atoms with Crippen LogP contribution in [0.4, 0.5) is 0 Å². The number of pyridine rings is 1. The maximum Gasteiger partial charge on any atom is 0.231 e. The molecular weight excluding hydrogens is 244 g/mol. The van der Waals surface area contributed by atoms with Crippen molar-refractivity contribution in [2.75, 3.05) is 13.3 Å². The van der Waals surface area contributed by atoms with Gasteiger partial charge in [-0.25, -0.2) is 0 Å². The lowest BCUT2D eigenvalue weighted by atomic mass is 10.1. The highest BCUT2D eigenvalue weighted by atomic mass is 16.7. The molecule has 0 saturated carbocycles. The summed E-state index contributed by atoms with van der Waals surface area (Å²) in [4.78, 5) is 4.07. The van der Waals surface area contributed by atoms with E-state index in [4.69, 9.17) is 19.9 Å². The number of hydrogen-bond acceptors (Lipinski definition) is 5. The van der Waals surface area contributed by atoms with Gasteiger partial charge in [-0.05, 0) is 18.2 Å². The van der Waals surface area contributed by atoms with Gasteiger partial charge in [0.1, 0.15) is 11.9 Å². The van der Waals surface area contributed by atoms with Crippen molar-refractivity contribution in [2.45, 2.75) is 6.10 Å². The minimum Gasteiger partial charge on any atom is -0.484 e. The third-order valence-electron chi connectivity index (χ3n) is 2.89. The van der Waals surface area contributed by atoms with Gasteiger partial charge in [0.2, 0.25) is 6.79 Å². The molecule has 1 aromatic heterocycles. The van der Waals surface area contributed by atoms with Gasteiger partial charge < -0.3 is 19.9 Å². The van der Waals surface area contributed by atoms with Crippen molar-refractivity contribution in [2.24, 2.45) is 5.73 Å². The smallest absolute Gasteiger partial charge is 0.231 e. The van der Waals surface area contributed by atoms with Crippen LogP contribution in [-0.2, 0) is 0 Å². The lowest BCUT2D eigenvalue weighted by Crippen LogP contribution is -2.18. The maximum absolute atomic E-state index is 5.87. The van der Waals surface area contributed by atoms with Gasteiger partial charge in [0, 0.05) is 30.6 Å². The van der Waals surface area contributed by atoms with E-state index < -0.39 is 0 Å². The zero-order chi connectivity index (χ0) is 13.1. The maximum atomic E-state index is 5.87. The third-order valence-corrected chi connectivity index (χ3v) is 2.89. The number of nitrogens with two attached hydrogens (primary N) is 1. The van der Waals surface area contributed by atoms with Crippen molar-refractivity contribution in [1.29, 1.82) is 0 Å². The Morgan fingerprint density at radius 3 is 2.95 bits per heavy atom. The Morgan fingerprint density at radius 1 is 1.26 bits per heavy atom. The summed E-state index contributed by atoms with van der Waals surface area (Å²) in [6.07, 6.45) is 3.25. The van der Waals surface area contributed by atoms with Crippen molar-refractivity contribution in [3.8, 4) is 17.2 Å². The molecule has 2 N–H and O–H groups in total. The summed E-state index contributed by atoms with van der Waals surface area (Å²) in [6.45, 7) is 0.627. The summed E-state index contributed by atoms with van der Waals surface area (Å²) in [5.41, 5.74) is 6.70. The van der Waals surface area contributed by atoms with Crippen molar-refractivity contribution in [3.63, 3.8) is 0 Å². The van der Waals surface area contributed by atoms with E-state index in [1.165, 1.54) is 0 Å². The van der Waals surface area contributed by atoms with Gasteiger partial charge in [-0.15, -0.1) is 0 Å². The van der Waals surface area contributed by atoms with Gasteiger partial charge in [0.25, 0.3) is 0 Å². The molecule has 1 aliphatic heterocycles. The van der Waals surface area contributed by atoms with E-state index in [0.717, 1.165) is 11.3 Å². The first-order valence-electron chi connectivity index (χ1n) is 6.03. The Labute approximate surface area is 110 Å². The molecule has 98 valence electrons. The van der Waals surface area contributed by atoms with Crippen LogP contribution in [0, 0.1) is 0 Å². The molecule has 0 spiro atoms. The molecule has 1 unspecified atom stereocenters. The topological polar surface area (TPSA) is 66.6 Å². The van der Waals surface area contributed by atoms with Crippen LogP contribution < -0.4 is 19.9 Å². The number of benzene rings is 1. The van der Waals surface area contributed by atoms with E-state index in [9.17, 15) is 0 Å². The van der Waals surface area contributed by atoms with Crippen molar-refractivity contribution >= 4 is 0 Å². The van der Waals surface area contributed by atoms with Gasteiger partial charge in [0.05, 0.1) is 0 Å². The molecule has 0 amide bonds. The Kier molecular flexibility index (Phi) is 3.20. The molecule has 5 heteroatoms. The lowest BCUT2D eigenvalue weighted by Gasteiger charge is -2.17. The van der Waals surface area contributed by atoms with Crippen LogP contribution in [0.2, 0.25) is 0 Å². The van der Waals surface area contributed by atoms with Gasteiger partial charge >= 0.3 is 0 Å². The fourth-order valence-electron chi connectivity index (χ4n) is 1.93. The van der Waals surface area contributed by atoms with Gasteiger partial charge in [-0.1, -0.05) is 6.07 Å². The number of nitrogens with zero attached hydrogens (tertiary/aromatic N) is 1. The summed E-state index contributed by atoms with van der Waals surface area (Å²) in [7, 11) is 0. The van der Waals surface area contributed by atoms with E-state index >= 15 is 0 Å². The summed E-state index contributed by atoms with van der Waals surface area (Å²) in [6, 6.07) is 9.28. The minimum absolute atomic E-state index is 0.228. The number of aromatic nitrogens is 1. The summed E-state index contributed by atoms with van der Waals surface area (Å²) < 4.78 is 16.4. The van der Waals surface area contributed by atoms with Crippen LogP contribution in [0.3, 0.4) is 0 Å². The van der Waals surface area contributed by atoms with Crippen LogP contribution in [0.25, 0.3) is 0 Å². The highest BCUT2D eigenvalue weighted by Crippen LogP contribution is 2.36. The third kappa shape index (κ3) is 2.46. The van der Waals surface area contributed by atoms with Crippen LogP contribution in [0.15, 0.2) is 42.7 Å². The number of hydrogen-bond donors (Lipinski definition) is 1. The molecule has 5 nitrogen and oxygen atoms in total. The molecule has 0 saturated heterocycles. The number of rotatable bonds is 4. The second-order valence-electron chi connectivity index (χ2n) is 4.14. The van der Waals surface area contributed by atoms with Gasteiger partial charge in [0.15, 0.2) is 11.5 Å². The molecule has 0 aliphatic carbocycles. The van der Waals surface area contributed by atoms with Crippen molar-refractivity contribution in [1.82, 2.24) is 4.98 Å². The lowest BCUT2D eigenvalue weighted by molar-refractivity contribution is 0.173. The average molecular weight is 258 g/mol. The Hall–Kier alpha value is -2.27. The molecule has 2 aromatic rings. The molecule has 0 fully saturated rings. The summed E-state index contributed by atoms with van der Waals surface area (Å²) in [5, 5.41) is 0. The molecule has 0 radical (unpaired) electrons. The normalized spacial score (nSPS) is 14.2. The Bertz CT molecular complexity index is 560. The highest BCUT2D eigenvalue weighted by Gasteiger charge is 2.16. The molecule has 3 rings (SSSR count). The first-order valence-corrected chi connectivity index (χ1v) is 6.03. The first-order chi connectivity index (χ1) is 9.36. The molecular formula is C14H14N2O3. The Morgan fingerprint density at radius 2 is 2.16 bits per heavy atom. The second kappa shape index (κ2) is 5.16. The van der Waals surface area contributed by atoms with E-state index in [2.05, 4.69) is 4.98 Å². The first kappa shape index (κ1) is 11.8. The van der Waals surface area contributed by atoms with E-state index in [0.29, 0.717) is 18.0 Å². The summed E-state index contributed by atoms with van der Waals surface area (Å²) in [5.74, 6) is 2.13. The van der Waals surface area contributed by atoms with E-state index in [-0.39, 0.29) is 12.9 Å².